The summed E-state index contributed by atoms with van der Waals surface area (Å²) in [5, 5.41) is 3.47. The van der Waals surface area contributed by atoms with Gasteiger partial charge in [-0.1, -0.05) is 6.92 Å². The quantitative estimate of drug-likeness (QED) is 0.776. The van der Waals surface area contributed by atoms with E-state index in [0.717, 1.165) is 35.7 Å². The minimum atomic E-state index is 0.582. The van der Waals surface area contributed by atoms with Crippen LogP contribution in [-0.2, 0) is 6.54 Å². The minimum absolute atomic E-state index is 0.582. The Hall–Kier alpha value is -0.610. The van der Waals surface area contributed by atoms with E-state index in [2.05, 4.69) is 58.1 Å². The summed E-state index contributed by atoms with van der Waals surface area (Å²) in [6.07, 6.45) is 5.79. The molecule has 3 nitrogen and oxygen atoms in total. The maximum absolute atomic E-state index is 4.63. The standard InChI is InChI=1S/C15H24BrN3/c1-4-7-17-9-13-8-14(16)10-18-15(13)19(3)11(2)12-5-6-12/h8,10-12,17H,4-7,9H2,1-3H3. The van der Waals surface area contributed by atoms with Gasteiger partial charge >= 0.3 is 0 Å². The van der Waals surface area contributed by atoms with Gasteiger partial charge in [0.1, 0.15) is 5.82 Å². The van der Waals surface area contributed by atoms with E-state index >= 15 is 0 Å². The van der Waals surface area contributed by atoms with Crippen LogP contribution in [0.25, 0.3) is 0 Å². The van der Waals surface area contributed by atoms with E-state index in [1.54, 1.807) is 0 Å². The molecule has 1 fully saturated rings. The summed E-state index contributed by atoms with van der Waals surface area (Å²) in [7, 11) is 2.17. The van der Waals surface area contributed by atoms with Crippen molar-refractivity contribution in [2.24, 2.45) is 5.92 Å². The smallest absolute Gasteiger partial charge is 0.133 e. The first-order chi connectivity index (χ1) is 9.13. The van der Waals surface area contributed by atoms with Crippen LogP contribution in [0.5, 0.6) is 0 Å². The number of aromatic nitrogens is 1. The molecule has 106 valence electrons. The minimum Gasteiger partial charge on any atom is -0.356 e. The number of pyridine rings is 1. The average Bonchev–Trinajstić information content (AvgIpc) is 3.22. The van der Waals surface area contributed by atoms with Crippen LogP contribution in [-0.4, -0.2) is 24.6 Å². The summed E-state index contributed by atoms with van der Waals surface area (Å²) in [6.45, 7) is 6.43. The third-order valence-corrected chi connectivity index (χ3v) is 4.33. The van der Waals surface area contributed by atoms with Crippen LogP contribution < -0.4 is 10.2 Å². The largest absolute Gasteiger partial charge is 0.356 e. The first kappa shape index (κ1) is 14.8. The maximum atomic E-state index is 4.63. The van der Waals surface area contributed by atoms with Crippen molar-refractivity contribution in [1.82, 2.24) is 10.3 Å². The molecule has 0 aromatic carbocycles. The summed E-state index contributed by atoms with van der Waals surface area (Å²) >= 11 is 3.52. The van der Waals surface area contributed by atoms with Crippen LogP contribution in [0.2, 0.25) is 0 Å². The lowest BCUT2D eigenvalue weighted by Crippen LogP contribution is -2.32. The molecule has 1 aromatic rings. The third-order valence-electron chi connectivity index (χ3n) is 3.90. The topological polar surface area (TPSA) is 28.2 Å². The van der Waals surface area contributed by atoms with Crippen LogP contribution in [0.15, 0.2) is 16.7 Å². The molecular formula is C15H24BrN3. The molecule has 0 radical (unpaired) electrons. The van der Waals surface area contributed by atoms with E-state index in [1.807, 2.05) is 6.20 Å². The van der Waals surface area contributed by atoms with Crippen molar-refractivity contribution in [3.63, 3.8) is 0 Å². The molecule has 1 aliphatic rings. The van der Waals surface area contributed by atoms with Gasteiger partial charge in [-0.15, -0.1) is 0 Å². The molecule has 1 aliphatic carbocycles. The van der Waals surface area contributed by atoms with Crippen molar-refractivity contribution >= 4 is 21.7 Å². The number of nitrogens with zero attached hydrogens (tertiary/aromatic N) is 2. The van der Waals surface area contributed by atoms with Crippen LogP contribution in [0.1, 0.15) is 38.7 Å². The Labute approximate surface area is 124 Å². The normalized spacial score (nSPS) is 16.4. The highest BCUT2D eigenvalue weighted by Gasteiger charge is 2.31. The Balaban J connectivity index is 2.12. The van der Waals surface area contributed by atoms with E-state index in [0.29, 0.717) is 6.04 Å². The van der Waals surface area contributed by atoms with Gasteiger partial charge in [-0.05, 0) is 60.6 Å². The third kappa shape index (κ3) is 3.93. The predicted octanol–water partition coefficient (Wildman–Crippen LogP) is 3.58. The summed E-state index contributed by atoms with van der Waals surface area (Å²) in [4.78, 5) is 6.97. The highest BCUT2D eigenvalue weighted by Crippen LogP contribution is 2.36. The highest BCUT2D eigenvalue weighted by molar-refractivity contribution is 9.10. The molecule has 1 N–H and O–H groups in total. The molecule has 0 aliphatic heterocycles. The van der Waals surface area contributed by atoms with E-state index < -0.39 is 0 Å². The number of rotatable bonds is 7. The Morgan fingerprint density at radius 2 is 2.26 bits per heavy atom. The van der Waals surface area contributed by atoms with Crippen molar-refractivity contribution in [2.45, 2.75) is 45.7 Å². The lowest BCUT2D eigenvalue weighted by Gasteiger charge is -2.28. The van der Waals surface area contributed by atoms with Crippen molar-refractivity contribution in [3.05, 3.63) is 22.3 Å². The lowest BCUT2D eigenvalue weighted by molar-refractivity contribution is 0.597. The van der Waals surface area contributed by atoms with Gasteiger partial charge in [0.25, 0.3) is 0 Å². The molecule has 19 heavy (non-hydrogen) atoms. The molecule has 1 atom stereocenters. The molecule has 4 heteroatoms. The Morgan fingerprint density at radius 1 is 1.53 bits per heavy atom. The van der Waals surface area contributed by atoms with Gasteiger partial charge in [0.05, 0.1) is 0 Å². The summed E-state index contributed by atoms with van der Waals surface area (Å²) < 4.78 is 1.05. The van der Waals surface area contributed by atoms with Crippen LogP contribution in [0.3, 0.4) is 0 Å². The van der Waals surface area contributed by atoms with Crippen LogP contribution >= 0.6 is 15.9 Å². The molecule has 1 aromatic heterocycles. The number of hydrogen-bond acceptors (Lipinski definition) is 3. The van der Waals surface area contributed by atoms with Gasteiger partial charge in [-0.25, -0.2) is 4.98 Å². The van der Waals surface area contributed by atoms with E-state index in [9.17, 15) is 0 Å². The van der Waals surface area contributed by atoms with Crippen LogP contribution in [0, 0.1) is 5.92 Å². The summed E-state index contributed by atoms with van der Waals surface area (Å²) in [6, 6.07) is 2.76. The molecule has 1 unspecified atom stereocenters. The van der Waals surface area contributed by atoms with Crippen molar-refractivity contribution in [2.75, 3.05) is 18.5 Å². The Kier molecular flexibility index (Phi) is 5.22. The molecule has 1 saturated carbocycles. The number of halogens is 1. The van der Waals surface area contributed by atoms with Gasteiger partial charge in [0.15, 0.2) is 0 Å². The van der Waals surface area contributed by atoms with Crippen molar-refractivity contribution in [1.29, 1.82) is 0 Å². The number of nitrogens with one attached hydrogen (secondary N) is 1. The van der Waals surface area contributed by atoms with E-state index in [4.69, 9.17) is 0 Å². The first-order valence-corrected chi connectivity index (χ1v) is 8.00. The zero-order valence-electron chi connectivity index (χ0n) is 12.1. The monoisotopic (exact) mass is 325 g/mol. The second kappa shape index (κ2) is 6.71. The van der Waals surface area contributed by atoms with E-state index in [1.165, 1.54) is 18.4 Å². The van der Waals surface area contributed by atoms with Gasteiger partial charge in [0, 0.05) is 35.9 Å². The Bertz CT molecular complexity index is 418. The Morgan fingerprint density at radius 3 is 2.89 bits per heavy atom. The molecule has 0 amide bonds. The molecular weight excluding hydrogens is 302 g/mol. The molecule has 0 bridgehead atoms. The highest BCUT2D eigenvalue weighted by atomic mass is 79.9. The molecule has 0 saturated heterocycles. The average molecular weight is 326 g/mol. The fraction of sp³-hybridized carbons (Fsp3) is 0.667. The SMILES string of the molecule is CCCNCc1cc(Br)cnc1N(C)C(C)C1CC1. The second-order valence-corrected chi connectivity index (χ2v) is 6.42. The van der Waals surface area contributed by atoms with Crippen LogP contribution in [0.4, 0.5) is 5.82 Å². The fourth-order valence-corrected chi connectivity index (χ4v) is 2.79. The van der Waals surface area contributed by atoms with Gasteiger partial charge in [-0.2, -0.15) is 0 Å². The van der Waals surface area contributed by atoms with Crippen molar-refractivity contribution < 1.29 is 0 Å². The molecule has 1 heterocycles. The fourth-order valence-electron chi connectivity index (χ4n) is 2.41. The number of anilines is 1. The molecule has 0 spiro atoms. The predicted molar refractivity (Wildman–Crippen MR) is 84.5 cm³/mol. The van der Waals surface area contributed by atoms with E-state index in [-0.39, 0.29) is 0 Å². The summed E-state index contributed by atoms with van der Waals surface area (Å²) in [5.41, 5.74) is 1.28. The van der Waals surface area contributed by atoms with Gasteiger partial charge in [0.2, 0.25) is 0 Å². The molecule has 2 rings (SSSR count). The van der Waals surface area contributed by atoms with Gasteiger partial charge in [-0.3, -0.25) is 0 Å². The number of hydrogen-bond donors (Lipinski definition) is 1. The van der Waals surface area contributed by atoms with Crippen molar-refractivity contribution in [3.8, 4) is 0 Å². The zero-order valence-corrected chi connectivity index (χ0v) is 13.7. The lowest BCUT2D eigenvalue weighted by atomic mass is 10.1. The second-order valence-electron chi connectivity index (χ2n) is 5.50. The van der Waals surface area contributed by atoms with Gasteiger partial charge < -0.3 is 10.2 Å². The first-order valence-electron chi connectivity index (χ1n) is 7.21. The zero-order chi connectivity index (χ0) is 13.8. The maximum Gasteiger partial charge on any atom is 0.133 e. The summed E-state index contributed by atoms with van der Waals surface area (Å²) in [5.74, 6) is 1.97.